The molecule has 2 aromatic carbocycles. The Bertz CT molecular complexity index is 724. The molecule has 0 bridgehead atoms. The van der Waals surface area contributed by atoms with Crippen LogP contribution in [0.4, 0.5) is 5.69 Å². The zero-order valence-electron chi connectivity index (χ0n) is 15.5. The van der Waals surface area contributed by atoms with Gasteiger partial charge in [-0.05, 0) is 68.0 Å². The largest absolute Gasteiger partial charge is 0.484 e. The highest BCUT2D eigenvalue weighted by Crippen LogP contribution is 2.24. The Labute approximate surface area is 145 Å². The summed E-state index contributed by atoms with van der Waals surface area (Å²) in [5, 5.41) is 2.96. The zero-order valence-corrected chi connectivity index (χ0v) is 15.5. The molecule has 0 unspecified atom stereocenters. The van der Waals surface area contributed by atoms with Crippen molar-refractivity contribution in [3.8, 4) is 5.75 Å². The maximum atomic E-state index is 12.2. The van der Waals surface area contributed by atoms with Gasteiger partial charge in [-0.25, -0.2) is 0 Å². The van der Waals surface area contributed by atoms with Crippen molar-refractivity contribution in [2.75, 3.05) is 11.9 Å². The van der Waals surface area contributed by atoms with Crippen molar-refractivity contribution in [3.05, 3.63) is 58.1 Å². The lowest BCUT2D eigenvalue weighted by Gasteiger charge is -2.14. The van der Waals surface area contributed by atoms with Crippen LogP contribution in [-0.4, -0.2) is 12.5 Å². The highest BCUT2D eigenvalue weighted by Gasteiger charge is 2.10. The maximum Gasteiger partial charge on any atom is 0.262 e. The second-order valence-corrected chi connectivity index (χ2v) is 6.78. The Kier molecular flexibility index (Phi) is 5.66. The minimum Gasteiger partial charge on any atom is -0.484 e. The van der Waals surface area contributed by atoms with Gasteiger partial charge in [0.25, 0.3) is 5.91 Å². The average Bonchev–Trinajstić information content (AvgIpc) is 2.48. The van der Waals surface area contributed by atoms with E-state index in [2.05, 4.69) is 51.2 Å². The van der Waals surface area contributed by atoms with E-state index in [-0.39, 0.29) is 12.5 Å². The van der Waals surface area contributed by atoms with Gasteiger partial charge in [0.05, 0.1) is 0 Å². The number of anilines is 1. The molecule has 3 nitrogen and oxygen atoms in total. The average molecular weight is 325 g/mol. The molecule has 0 saturated carbocycles. The summed E-state index contributed by atoms with van der Waals surface area (Å²) in [5.41, 5.74) is 6.70. The van der Waals surface area contributed by atoms with Crippen molar-refractivity contribution >= 4 is 11.6 Å². The molecule has 0 aromatic heterocycles. The molecule has 0 atom stereocenters. The van der Waals surface area contributed by atoms with Gasteiger partial charge in [0.15, 0.2) is 6.61 Å². The highest BCUT2D eigenvalue weighted by atomic mass is 16.5. The smallest absolute Gasteiger partial charge is 0.262 e. The molecule has 2 aromatic rings. The fraction of sp³-hybridized carbons (Fsp3) is 0.381. The van der Waals surface area contributed by atoms with E-state index in [0.29, 0.717) is 5.92 Å². The summed E-state index contributed by atoms with van der Waals surface area (Å²) in [6, 6.07) is 10.1. The molecule has 0 spiro atoms. The van der Waals surface area contributed by atoms with Crippen molar-refractivity contribution in [3.63, 3.8) is 0 Å². The molecule has 0 aliphatic heterocycles. The molecular weight excluding hydrogens is 298 g/mol. The van der Waals surface area contributed by atoms with Gasteiger partial charge < -0.3 is 10.1 Å². The standard InChI is InChI=1S/C21H27NO2/c1-13(2)19-8-7-18(11-15(19)4)24-12-20(23)22-21-16(5)9-14(3)10-17(21)6/h7-11,13H,12H2,1-6H3,(H,22,23). The lowest BCUT2D eigenvalue weighted by Crippen LogP contribution is -2.21. The van der Waals surface area contributed by atoms with Crippen molar-refractivity contribution in [1.82, 2.24) is 0 Å². The maximum absolute atomic E-state index is 12.2. The van der Waals surface area contributed by atoms with Gasteiger partial charge in [-0.15, -0.1) is 0 Å². The van der Waals surface area contributed by atoms with E-state index in [1.54, 1.807) is 0 Å². The Hall–Kier alpha value is -2.29. The van der Waals surface area contributed by atoms with E-state index in [1.165, 1.54) is 16.7 Å². The molecule has 0 saturated heterocycles. The summed E-state index contributed by atoms with van der Waals surface area (Å²) in [5.74, 6) is 1.06. The van der Waals surface area contributed by atoms with Crippen LogP contribution in [0.15, 0.2) is 30.3 Å². The molecule has 1 N–H and O–H groups in total. The van der Waals surface area contributed by atoms with Crippen molar-refractivity contribution in [1.29, 1.82) is 0 Å². The van der Waals surface area contributed by atoms with E-state index >= 15 is 0 Å². The van der Waals surface area contributed by atoms with Crippen LogP contribution in [0.2, 0.25) is 0 Å². The van der Waals surface area contributed by atoms with E-state index in [4.69, 9.17) is 4.74 Å². The van der Waals surface area contributed by atoms with Crippen molar-refractivity contribution in [2.24, 2.45) is 0 Å². The van der Waals surface area contributed by atoms with E-state index < -0.39 is 0 Å². The quantitative estimate of drug-likeness (QED) is 0.834. The van der Waals surface area contributed by atoms with Crippen LogP contribution >= 0.6 is 0 Å². The summed E-state index contributed by atoms with van der Waals surface area (Å²) in [7, 11) is 0. The second-order valence-electron chi connectivity index (χ2n) is 6.78. The fourth-order valence-corrected chi connectivity index (χ4v) is 3.09. The molecule has 24 heavy (non-hydrogen) atoms. The van der Waals surface area contributed by atoms with Gasteiger partial charge in [0.2, 0.25) is 0 Å². The SMILES string of the molecule is Cc1cc(C)c(NC(=O)COc2ccc(C(C)C)c(C)c2)c(C)c1. The number of carbonyl (C=O) groups is 1. The topological polar surface area (TPSA) is 38.3 Å². The Morgan fingerprint density at radius 2 is 1.62 bits per heavy atom. The highest BCUT2D eigenvalue weighted by molar-refractivity contribution is 5.93. The summed E-state index contributed by atoms with van der Waals surface area (Å²) in [4.78, 5) is 12.2. The minimum absolute atomic E-state index is 0.00716. The first-order valence-corrected chi connectivity index (χ1v) is 8.39. The Morgan fingerprint density at radius 3 is 2.17 bits per heavy atom. The third-order valence-electron chi connectivity index (χ3n) is 4.17. The van der Waals surface area contributed by atoms with Gasteiger partial charge >= 0.3 is 0 Å². The molecule has 0 aliphatic carbocycles. The first-order valence-electron chi connectivity index (χ1n) is 8.39. The van der Waals surface area contributed by atoms with Gasteiger partial charge in [-0.1, -0.05) is 37.6 Å². The van der Waals surface area contributed by atoms with Crippen LogP contribution < -0.4 is 10.1 Å². The Balaban J connectivity index is 2.00. The van der Waals surface area contributed by atoms with E-state index in [1.807, 2.05) is 26.0 Å². The van der Waals surface area contributed by atoms with Crippen molar-refractivity contribution in [2.45, 2.75) is 47.5 Å². The monoisotopic (exact) mass is 325 g/mol. The summed E-state index contributed by atoms with van der Waals surface area (Å²) in [6.07, 6.45) is 0. The number of carbonyl (C=O) groups excluding carboxylic acids is 1. The van der Waals surface area contributed by atoms with E-state index in [9.17, 15) is 4.79 Å². The normalized spacial score (nSPS) is 10.8. The minimum atomic E-state index is -0.143. The molecule has 0 fully saturated rings. The number of aryl methyl sites for hydroxylation is 4. The summed E-state index contributed by atoms with van der Waals surface area (Å²) >= 11 is 0. The van der Waals surface area contributed by atoms with Crippen molar-refractivity contribution < 1.29 is 9.53 Å². The van der Waals surface area contributed by atoms with Crippen LogP contribution in [0.25, 0.3) is 0 Å². The van der Waals surface area contributed by atoms with Crippen LogP contribution in [0.1, 0.15) is 47.6 Å². The number of rotatable bonds is 5. The predicted molar refractivity (Wildman–Crippen MR) is 100 cm³/mol. The van der Waals surface area contributed by atoms with Crippen LogP contribution in [0, 0.1) is 27.7 Å². The third kappa shape index (κ3) is 4.38. The van der Waals surface area contributed by atoms with Gasteiger partial charge in [0.1, 0.15) is 5.75 Å². The van der Waals surface area contributed by atoms with Crippen LogP contribution in [0.3, 0.4) is 0 Å². The lowest BCUT2D eigenvalue weighted by molar-refractivity contribution is -0.118. The molecular formula is C21H27NO2. The summed E-state index contributed by atoms with van der Waals surface area (Å²) < 4.78 is 5.65. The molecule has 0 aliphatic rings. The number of nitrogens with one attached hydrogen (secondary N) is 1. The van der Waals surface area contributed by atoms with Gasteiger partial charge in [-0.2, -0.15) is 0 Å². The second kappa shape index (κ2) is 7.52. The summed E-state index contributed by atoms with van der Waals surface area (Å²) in [6.45, 7) is 12.5. The number of benzene rings is 2. The van der Waals surface area contributed by atoms with Gasteiger partial charge in [0, 0.05) is 5.69 Å². The fourth-order valence-electron chi connectivity index (χ4n) is 3.09. The molecule has 3 heteroatoms. The third-order valence-corrected chi connectivity index (χ3v) is 4.17. The zero-order chi connectivity index (χ0) is 17.9. The number of hydrogen-bond donors (Lipinski definition) is 1. The molecule has 1 amide bonds. The first kappa shape index (κ1) is 18.1. The first-order chi connectivity index (χ1) is 11.3. The molecule has 2 rings (SSSR count). The number of amides is 1. The lowest BCUT2D eigenvalue weighted by atomic mass is 9.98. The predicted octanol–water partition coefficient (Wildman–Crippen LogP) is 5.06. The van der Waals surface area contributed by atoms with Gasteiger partial charge in [-0.3, -0.25) is 4.79 Å². The number of hydrogen-bond acceptors (Lipinski definition) is 2. The van der Waals surface area contributed by atoms with E-state index in [0.717, 1.165) is 22.6 Å². The number of ether oxygens (including phenoxy) is 1. The van der Waals surface area contributed by atoms with Crippen LogP contribution in [-0.2, 0) is 4.79 Å². The van der Waals surface area contributed by atoms with Crippen LogP contribution in [0.5, 0.6) is 5.75 Å². The molecule has 0 heterocycles. The molecule has 0 radical (unpaired) electrons. The Morgan fingerprint density at radius 1 is 1.00 bits per heavy atom. The molecule has 128 valence electrons.